The number of aliphatic hydroxyl groups is 2. The summed E-state index contributed by atoms with van der Waals surface area (Å²) in [5, 5.41) is 36.5. The largest absolute Gasteiger partial charge is 0.497 e. The summed E-state index contributed by atoms with van der Waals surface area (Å²) in [7, 11) is 1.56. The van der Waals surface area contributed by atoms with Gasteiger partial charge >= 0.3 is 5.97 Å². The lowest BCUT2D eigenvalue weighted by Gasteiger charge is -2.12. The second-order valence-corrected chi connectivity index (χ2v) is 9.14. The van der Waals surface area contributed by atoms with Crippen molar-refractivity contribution in [3.63, 3.8) is 0 Å². The number of methoxy groups -OCH3 is 1. The molecule has 1 heterocycles. The van der Waals surface area contributed by atoms with Crippen molar-refractivity contribution in [3.8, 4) is 11.4 Å². The van der Waals surface area contributed by atoms with Gasteiger partial charge in [0, 0.05) is 18.5 Å². The summed E-state index contributed by atoms with van der Waals surface area (Å²) in [6, 6.07) is 12.9. The number of benzene rings is 2. The smallest absolute Gasteiger partial charge is 0.305 e. The Morgan fingerprint density at radius 3 is 2.50 bits per heavy atom. The number of nitrogens with one attached hydrogen (secondary N) is 1. The fourth-order valence-electron chi connectivity index (χ4n) is 4.01. The lowest BCUT2D eigenvalue weighted by molar-refractivity contribution is -0.139. The van der Waals surface area contributed by atoms with E-state index in [2.05, 4.69) is 10.4 Å². The Labute approximate surface area is 220 Å². The molecule has 0 aliphatic heterocycles. The van der Waals surface area contributed by atoms with E-state index in [1.54, 1.807) is 19.3 Å². The summed E-state index contributed by atoms with van der Waals surface area (Å²) in [5.74, 6) is -1.50. The van der Waals surface area contributed by atoms with Crippen molar-refractivity contribution in [1.29, 1.82) is 0 Å². The minimum absolute atomic E-state index is 0.156. The molecule has 3 rings (SSSR count). The normalized spacial score (nSPS) is 13.0. The van der Waals surface area contributed by atoms with Gasteiger partial charge in [-0.2, -0.15) is 5.10 Å². The van der Waals surface area contributed by atoms with Crippen LogP contribution in [-0.4, -0.2) is 56.3 Å². The molecule has 38 heavy (non-hydrogen) atoms. The standard InChI is InChI=1S/C28H32FN3O6/c1-17(2)26-24(12-11-21(33)14-22(34)15-25(35)36)32(20-9-7-19(29)8-10-20)31-27(26)28(37)30-16-18-5-4-6-23(13-18)38-3/h4-13,17,21-22,33-34H,14-16H2,1-3H3,(H,30,37)(H,35,36)/b12-11+. The van der Waals surface area contributed by atoms with E-state index in [1.165, 1.54) is 35.0 Å². The molecule has 0 fully saturated rings. The zero-order chi connectivity index (χ0) is 27.8. The molecule has 3 aromatic rings. The number of amides is 1. The van der Waals surface area contributed by atoms with Gasteiger partial charge in [0.1, 0.15) is 11.6 Å². The SMILES string of the molecule is COc1cccc(CNC(=O)c2nn(-c3ccc(F)cc3)c(/C=C/C(O)CC(O)CC(=O)O)c2C(C)C)c1. The van der Waals surface area contributed by atoms with Crippen LogP contribution in [0.25, 0.3) is 11.8 Å². The highest BCUT2D eigenvalue weighted by Gasteiger charge is 2.25. The predicted molar refractivity (Wildman–Crippen MR) is 140 cm³/mol. The number of halogens is 1. The lowest BCUT2D eigenvalue weighted by Crippen LogP contribution is -2.24. The third kappa shape index (κ3) is 7.50. The average molecular weight is 526 g/mol. The minimum Gasteiger partial charge on any atom is -0.497 e. The Morgan fingerprint density at radius 2 is 1.87 bits per heavy atom. The van der Waals surface area contributed by atoms with Gasteiger partial charge in [-0.05, 0) is 54.0 Å². The van der Waals surface area contributed by atoms with E-state index in [0.29, 0.717) is 22.7 Å². The number of hydrogen-bond donors (Lipinski definition) is 4. The van der Waals surface area contributed by atoms with Crippen LogP contribution in [-0.2, 0) is 11.3 Å². The van der Waals surface area contributed by atoms with Gasteiger partial charge in [-0.1, -0.05) is 32.1 Å². The average Bonchev–Trinajstić information content (AvgIpc) is 3.26. The molecule has 4 N–H and O–H groups in total. The van der Waals surface area contributed by atoms with Crippen LogP contribution in [0.5, 0.6) is 5.75 Å². The van der Waals surface area contributed by atoms with E-state index in [1.807, 2.05) is 32.0 Å². The quantitative estimate of drug-likeness (QED) is 0.283. The van der Waals surface area contributed by atoms with E-state index < -0.39 is 36.3 Å². The molecule has 2 aromatic carbocycles. The van der Waals surface area contributed by atoms with Crippen molar-refractivity contribution in [2.75, 3.05) is 7.11 Å². The number of aliphatic carboxylic acids is 1. The number of hydrogen-bond acceptors (Lipinski definition) is 6. The molecule has 0 aliphatic carbocycles. The van der Waals surface area contributed by atoms with Crippen LogP contribution in [0.15, 0.2) is 54.6 Å². The van der Waals surface area contributed by atoms with Crippen molar-refractivity contribution in [3.05, 3.63) is 82.9 Å². The maximum absolute atomic E-state index is 13.6. The highest BCUT2D eigenvalue weighted by molar-refractivity contribution is 5.95. The van der Waals surface area contributed by atoms with Gasteiger partial charge in [-0.25, -0.2) is 9.07 Å². The molecular formula is C28H32FN3O6. The number of carbonyl (C=O) groups excluding carboxylic acids is 1. The Morgan fingerprint density at radius 1 is 1.16 bits per heavy atom. The van der Waals surface area contributed by atoms with Crippen molar-refractivity contribution < 1.29 is 34.0 Å². The molecule has 1 aromatic heterocycles. The number of carbonyl (C=O) groups is 2. The van der Waals surface area contributed by atoms with Gasteiger partial charge in [0.15, 0.2) is 5.69 Å². The van der Waals surface area contributed by atoms with Crippen molar-refractivity contribution in [2.45, 2.75) is 51.4 Å². The first-order valence-electron chi connectivity index (χ1n) is 12.1. The summed E-state index contributed by atoms with van der Waals surface area (Å²) >= 11 is 0. The molecule has 1 amide bonds. The van der Waals surface area contributed by atoms with Gasteiger partial charge in [-0.3, -0.25) is 9.59 Å². The molecule has 0 saturated heterocycles. The molecule has 0 radical (unpaired) electrons. The minimum atomic E-state index is -1.23. The second-order valence-electron chi connectivity index (χ2n) is 9.14. The first-order valence-corrected chi connectivity index (χ1v) is 12.1. The third-order valence-corrected chi connectivity index (χ3v) is 5.81. The van der Waals surface area contributed by atoms with E-state index >= 15 is 0 Å². The van der Waals surface area contributed by atoms with Crippen LogP contribution >= 0.6 is 0 Å². The molecule has 202 valence electrons. The fourth-order valence-corrected chi connectivity index (χ4v) is 4.01. The monoisotopic (exact) mass is 525 g/mol. The number of carboxylic acids is 1. The number of ether oxygens (including phenoxy) is 1. The summed E-state index contributed by atoms with van der Waals surface area (Å²) < 4.78 is 20.3. The second kappa shape index (κ2) is 13.0. The van der Waals surface area contributed by atoms with Crippen molar-refractivity contribution in [2.24, 2.45) is 0 Å². The first-order chi connectivity index (χ1) is 18.1. The van der Waals surface area contributed by atoms with Crippen LogP contribution < -0.4 is 10.1 Å². The zero-order valence-electron chi connectivity index (χ0n) is 21.5. The Bertz CT molecular complexity index is 1290. The van der Waals surface area contributed by atoms with Gasteiger partial charge < -0.3 is 25.4 Å². The Hall–Kier alpha value is -4.02. The predicted octanol–water partition coefficient (Wildman–Crippen LogP) is 3.67. The maximum atomic E-state index is 13.6. The lowest BCUT2D eigenvalue weighted by atomic mass is 9.98. The summed E-state index contributed by atoms with van der Waals surface area (Å²) in [6.45, 7) is 4.03. The molecule has 0 saturated carbocycles. The van der Waals surface area contributed by atoms with Gasteiger partial charge in [0.25, 0.3) is 5.91 Å². The summed E-state index contributed by atoms with van der Waals surface area (Å²) in [6.07, 6.45) is -0.0665. The molecule has 2 atom stereocenters. The number of rotatable bonds is 12. The van der Waals surface area contributed by atoms with Crippen LogP contribution in [0.1, 0.15) is 59.9 Å². The van der Waals surface area contributed by atoms with Crippen LogP contribution in [0.2, 0.25) is 0 Å². The van der Waals surface area contributed by atoms with Gasteiger partial charge in [0.05, 0.1) is 37.1 Å². The molecule has 0 aliphatic rings. The molecule has 9 nitrogen and oxygen atoms in total. The highest BCUT2D eigenvalue weighted by Crippen LogP contribution is 2.28. The van der Waals surface area contributed by atoms with Crippen LogP contribution in [0.4, 0.5) is 4.39 Å². The molecule has 0 spiro atoms. The fraction of sp³-hybridized carbons (Fsp3) is 0.321. The number of nitrogens with zero attached hydrogens (tertiary/aromatic N) is 2. The van der Waals surface area contributed by atoms with E-state index in [4.69, 9.17) is 9.84 Å². The van der Waals surface area contributed by atoms with E-state index in [-0.39, 0.29) is 24.6 Å². The highest BCUT2D eigenvalue weighted by atomic mass is 19.1. The van der Waals surface area contributed by atoms with E-state index in [0.717, 1.165) is 5.56 Å². The molecular weight excluding hydrogens is 493 g/mol. The van der Waals surface area contributed by atoms with Crippen molar-refractivity contribution in [1.82, 2.24) is 15.1 Å². The first kappa shape index (κ1) is 28.5. The van der Waals surface area contributed by atoms with Gasteiger partial charge in [-0.15, -0.1) is 0 Å². The Kier molecular flexibility index (Phi) is 9.75. The van der Waals surface area contributed by atoms with Crippen LogP contribution in [0.3, 0.4) is 0 Å². The zero-order valence-corrected chi connectivity index (χ0v) is 21.5. The number of carboxylic acid groups (broad SMARTS) is 1. The number of aliphatic hydroxyl groups excluding tert-OH is 2. The molecule has 10 heteroatoms. The van der Waals surface area contributed by atoms with Crippen LogP contribution in [0, 0.1) is 5.82 Å². The third-order valence-electron chi connectivity index (χ3n) is 5.81. The topological polar surface area (TPSA) is 134 Å². The van der Waals surface area contributed by atoms with Gasteiger partial charge in [0.2, 0.25) is 0 Å². The summed E-state index contributed by atoms with van der Waals surface area (Å²) in [4.78, 5) is 24.1. The number of aromatic nitrogens is 2. The molecule has 2 unspecified atom stereocenters. The van der Waals surface area contributed by atoms with E-state index in [9.17, 15) is 24.2 Å². The summed E-state index contributed by atoms with van der Waals surface area (Å²) in [5.41, 5.74) is 2.61. The maximum Gasteiger partial charge on any atom is 0.305 e. The van der Waals surface area contributed by atoms with Crippen molar-refractivity contribution >= 4 is 18.0 Å². The molecule has 0 bridgehead atoms. The Balaban J connectivity index is 1.96.